The molecule has 2 aromatic carbocycles. The predicted octanol–water partition coefficient (Wildman–Crippen LogP) is 7.91. The Balaban J connectivity index is 0.000000803. The highest BCUT2D eigenvalue weighted by Gasteiger charge is 2.42. The number of halogens is 5. The Labute approximate surface area is 303 Å². The lowest BCUT2D eigenvalue weighted by molar-refractivity contribution is -0.129. The summed E-state index contributed by atoms with van der Waals surface area (Å²) in [7, 11) is 0. The number of hydrogen-bond acceptors (Lipinski definition) is 8. The van der Waals surface area contributed by atoms with E-state index in [1.165, 1.54) is 35.8 Å². The fourth-order valence-corrected chi connectivity index (χ4v) is 5.16. The third kappa shape index (κ3) is 9.08. The number of nitrogens with zero attached hydrogens (tertiary/aromatic N) is 7. The lowest BCUT2D eigenvalue weighted by atomic mass is 9.94. The molecule has 2 atom stereocenters. The van der Waals surface area contributed by atoms with Crippen molar-refractivity contribution in [2.45, 2.75) is 84.6 Å². The Kier molecular flexibility index (Phi) is 11.3. The largest absolute Gasteiger partial charge is 0.447 e. The lowest BCUT2D eigenvalue weighted by Gasteiger charge is -2.28. The van der Waals surface area contributed by atoms with E-state index >= 15 is 0 Å². The number of nitrogens with one attached hydrogen (secondary N) is 1. The molecule has 2 amide bonds. The minimum atomic E-state index is -2.92. The maximum Gasteiger partial charge on any atom is 0.407 e. The quantitative estimate of drug-likeness (QED) is 0.157. The Bertz CT molecular complexity index is 1920. The summed E-state index contributed by atoms with van der Waals surface area (Å²) < 4.78 is 58.7. The number of aliphatic imine (C=N–C) groups is 1. The second kappa shape index (κ2) is 15.3. The summed E-state index contributed by atoms with van der Waals surface area (Å²) in [6.07, 6.45) is 5.54. The SMILES string of the molecule is CC1(NC(=O)OCC(c2ccc(Cl)c(-c3ncn(C(F)F)n3)c2)N2C(=O)[C@@H](c3ccc(-c4cnn(C(F)F)c4)cc3)N=C2N)CC1.CCC(C)(C)C. The summed E-state index contributed by atoms with van der Waals surface area (Å²) in [5.41, 5.74) is 8.58. The van der Waals surface area contributed by atoms with Crippen molar-refractivity contribution in [3.8, 4) is 22.5 Å². The van der Waals surface area contributed by atoms with Gasteiger partial charge < -0.3 is 15.8 Å². The van der Waals surface area contributed by atoms with Crippen molar-refractivity contribution in [2.75, 3.05) is 6.61 Å². The van der Waals surface area contributed by atoms with Crippen LogP contribution in [0.2, 0.25) is 5.02 Å². The molecule has 1 unspecified atom stereocenters. The van der Waals surface area contributed by atoms with Gasteiger partial charge in [0.05, 0.1) is 17.3 Å². The second-order valence-corrected chi connectivity index (χ2v) is 14.4. The Morgan fingerprint density at radius 3 is 2.29 bits per heavy atom. The topological polar surface area (TPSA) is 146 Å². The van der Waals surface area contributed by atoms with Crippen LogP contribution >= 0.6 is 11.6 Å². The minimum Gasteiger partial charge on any atom is -0.447 e. The lowest BCUT2D eigenvalue weighted by Crippen LogP contribution is -2.44. The van der Waals surface area contributed by atoms with Crippen LogP contribution in [0.25, 0.3) is 22.5 Å². The van der Waals surface area contributed by atoms with Crippen LogP contribution in [0, 0.1) is 5.41 Å². The van der Waals surface area contributed by atoms with E-state index in [0.717, 1.165) is 19.2 Å². The van der Waals surface area contributed by atoms with E-state index < -0.39 is 37.2 Å². The molecule has 0 spiro atoms. The summed E-state index contributed by atoms with van der Waals surface area (Å²) >= 11 is 6.38. The van der Waals surface area contributed by atoms with Crippen molar-refractivity contribution < 1.29 is 31.9 Å². The molecular formula is C35H40ClF4N9O3. The average Bonchev–Trinajstić information content (AvgIpc) is 3.47. The van der Waals surface area contributed by atoms with Crippen LogP contribution in [0.1, 0.15) is 90.2 Å². The molecule has 0 radical (unpaired) electrons. The van der Waals surface area contributed by atoms with E-state index in [1.807, 2.05) is 6.92 Å². The fourth-order valence-electron chi connectivity index (χ4n) is 4.96. The molecule has 278 valence electrons. The minimum absolute atomic E-state index is 0.0855. The van der Waals surface area contributed by atoms with E-state index in [1.54, 1.807) is 30.3 Å². The first kappa shape index (κ1) is 38.2. The van der Waals surface area contributed by atoms with Crippen LogP contribution in [0.5, 0.6) is 0 Å². The molecule has 2 aliphatic rings. The molecular weight excluding hydrogens is 706 g/mol. The molecule has 1 aliphatic carbocycles. The highest BCUT2D eigenvalue weighted by atomic mass is 35.5. The summed E-state index contributed by atoms with van der Waals surface area (Å²) in [6, 6.07) is 9.02. The molecule has 12 nitrogen and oxygen atoms in total. The third-order valence-electron chi connectivity index (χ3n) is 8.81. The molecule has 4 aromatic rings. The van der Waals surface area contributed by atoms with Gasteiger partial charge in [-0.2, -0.15) is 27.3 Å². The third-order valence-corrected chi connectivity index (χ3v) is 9.14. The summed E-state index contributed by atoms with van der Waals surface area (Å²) in [6.45, 7) is 4.76. The highest BCUT2D eigenvalue weighted by Crippen LogP contribution is 2.37. The number of ether oxygens (including phenoxy) is 1. The number of carbonyl (C=O) groups excluding carboxylic acids is 2. The zero-order valence-corrected chi connectivity index (χ0v) is 30.0. The summed E-state index contributed by atoms with van der Waals surface area (Å²) in [5, 5.41) is 10.4. The smallest absolute Gasteiger partial charge is 0.407 e. The van der Waals surface area contributed by atoms with Crippen molar-refractivity contribution in [3.05, 3.63) is 77.3 Å². The second-order valence-electron chi connectivity index (χ2n) is 14.0. The summed E-state index contributed by atoms with van der Waals surface area (Å²) in [4.78, 5) is 36.0. The van der Waals surface area contributed by atoms with Gasteiger partial charge in [0.1, 0.15) is 12.9 Å². The molecule has 3 heterocycles. The zero-order chi connectivity index (χ0) is 38.0. The van der Waals surface area contributed by atoms with Gasteiger partial charge >= 0.3 is 19.2 Å². The molecule has 0 saturated heterocycles. The molecule has 2 aromatic heterocycles. The highest BCUT2D eigenvalue weighted by molar-refractivity contribution is 6.33. The number of benzene rings is 2. The van der Waals surface area contributed by atoms with E-state index in [0.29, 0.717) is 37.0 Å². The van der Waals surface area contributed by atoms with Crippen molar-refractivity contribution >= 4 is 29.6 Å². The molecule has 6 rings (SSSR count). The van der Waals surface area contributed by atoms with Crippen molar-refractivity contribution in [2.24, 2.45) is 16.1 Å². The summed E-state index contributed by atoms with van der Waals surface area (Å²) in [5.74, 6) is -0.773. The first-order valence-electron chi connectivity index (χ1n) is 16.5. The van der Waals surface area contributed by atoms with E-state index in [2.05, 4.69) is 53.2 Å². The van der Waals surface area contributed by atoms with Gasteiger partial charge in [-0.25, -0.2) is 19.5 Å². The molecule has 0 bridgehead atoms. The molecule has 52 heavy (non-hydrogen) atoms. The van der Waals surface area contributed by atoms with E-state index in [4.69, 9.17) is 22.1 Å². The van der Waals surface area contributed by atoms with Crippen LogP contribution in [0.3, 0.4) is 0 Å². The van der Waals surface area contributed by atoms with Gasteiger partial charge in [0, 0.05) is 22.9 Å². The van der Waals surface area contributed by atoms with Crippen molar-refractivity contribution in [1.82, 2.24) is 34.8 Å². The van der Waals surface area contributed by atoms with Crippen molar-refractivity contribution in [1.29, 1.82) is 0 Å². The van der Waals surface area contributed by atoms with Gasteiger partial charge in [0.15, 0.2) is 17.8 Å². The molecule has 3 N–H and O–H groups in total. The Hall–Kier alpha value is -4.99. The number of alkyl carbamates (subject to hydrolysis) is 1. The van der Waals surface area contributed by atoms with Gasteiger partial charge in [0.2, 0.25) is 0 Å². The molecule has 1 aliphatic heterocycles. The maximum atomic E-state index is 13.9. The number of carbonyl (C=O) groups is 2. The number of nitrogens with two attached hydrogens (primary N) is 1. The van der Waals surface area contributed by atoms with Crippen LogP contribution in [0.4, 0.5) is 22.4 Å². The van der Waals surface area contributed by atoms with E-state index in [-0.39, 0.29) is 34.5 Å². The number of rotatable bonds is 10. The average molecular weight is 746 g/mol. The molecule has 1 saturated carbocycles. The van der Waals surface area contributed by atoms with Gasteiger partial charge in [-0.1, -0.05) is 76.0 Å². The normalized spacial score (nSPS) is 17.2. The van der Waals surface area contributed by atoms with Crippen LogP contribution in [0.15, 0.2) is 66.2 Å². The maximum absolute atomic E-state index is 13.9. The fraction of sp³-hybridized carbons (Fsp3) is 0.429. The van der Waals surface area contributed by atoms with Crippen LogP contribution < -0.4 is 11.1 Å². The zero-order valence-electron chi connectivity index (χ0n) is 29.2. The standard InChI is InChI=1S/C29H26ClF4N9O3.C6H14/c1-29(8-9-29)39-28(45)46-13-21(17-6-7-20(30)19(10-17)23-36-14-42(40-23)26(33)34)43-24(44)22(38-27(43)35)16-4-2-15(3-5-16)18-11-37-41(12-18)25(31)32;1-5-6(2,3)4/h2-7,10-12,14,21-22,25-26H,8-9,13H2,1H3,(H2,35,38)(H,39,45);5H2,1-4H3/t21?,22-;/m1./s1. The van der Waals surface area contributed by atoms with Gasteiger partial charge in [0.25, 0.3) is 5.91 Å². The Morgan fingerprint density at radius 1 is 1.08 bits per heavy atom. The monoisotopic (exact) mass is 745 g/mol. The Morgan fingerprint density at radius 2 is 1.73 bits per heavy atom. The van der Waals surface area contributed by atoms with E-state index in [9.17, 15) is 27.2 Å². The number of amides is 2. The van der Waals surface area contributed by atoms with Crippen LogP contribution in [-0.4, -0.2) is 59.6 Å². The number of alkyl halides is 4. The first-order chi connectivity index (χ1) is 24.5. The molecule has 1 fully saturated rings. The number of aromatic nitrogens is 5. The predicted molar refractivity (Wildman–Crippen MR) is 186 cm³/mol. The molecule has 17 heteroatoms. The van der Waals surface area contributed by atoms with Gasteiger partial charge in [-0.15, -0.1) is 5.10 Å². The number of guanidine groups is 1. The first-order valence-corrected chi connectivity index (χ1v) is 16.9. The van der Waals surface area contributed by atoms with Gasteiger partial charge in [-0.3, -0.25) is 9.69 Å². The van der Waals surface area contributed by atoms with Gasteiger partial charge in [-0.05, 0) is 54.0 Å². The van der Waals surface area contributed by atoms with Crippen LogP contribution in [-0.2, 0) is 9.53 Å². The number of hydrogen-bond donors (Lipinski definition) is 2. The van der Waals surface area contributed by atoms with Crippen molar-refractivity contribution in [3.63, 3.8) is 0 Å².